The molecule has 0 amide bonds. The van der Waals surface area contributed by atoms with E-state index in [1.807, 2.05) is 24.3 Å². The Morgan fingerprint density at radius 1 is 0.917 bits per heavy atom. The zero-order valence-corrected chi connectivity index (χ0v) is 15.1. The Kier molecular flexibility index (Phi) is 4.25. The average Bonchev–Trinajstić information content (AvgIpc) is 2.58. The van der Waals surface area contributed by atoms with E-state index in [0.29, 0.717) is 12.2 Å². The Morgan fingerprint density at radius 3 is 2.17 bits per heavy atom. The van der Waals surface area contributed by atoms with Gasteiger partial charge in [-0.15, -0.1) is 0 Å². The molecule has 0 unspecified atom stereocenters. The highest BCUT2D eigenvalue weighted by atomic mass is 16.5. The summed E-state index contributed by atoms with van der Waals surface area (Å²) in [5, 5.41) is 0. The fourth-order valence-corrected chi connectivity index (χ4v) is 3.52. The number of carbonyl (C=O) groups excluding carboxylic acids is 1. The molecule has 0 atom stereocenters. The summed E-state index contributed by atoms with van der Waals surface area (Å²) < 4.78 is 6.00. The van der Waals surface area contributed by atoms with Crippen molar-refractivity contribution in [3.8, 4) is 5.75 Å². The van der Waals surface area contributed by atoms with Gasteiger partial charge in [-0.2, -0.15) is 0 Å². The van der Waals surface area contributed by atoms with Crippen LogP contribution in [0.2, 0.25) is 0 Å². The first-order chi connectivity index (χ1) is 11.3. The minimum Gasteiger partial charge on any atom is -0.489 e. The fourth-order valence-electron chi connectivity index (χ4n) is 3.52. The van der Waals surface area contributed by atoms with Crippen molar-refractivity contribution in [3.63, 3.8) is 0 Å². The van der Waals surface area contributed by atoms with Crippen LogP contribution in [-0.2, 0) is 17.4 Å². The predicted molar refractivity (Wildman–Crippen MR) is 97.9 cm³/mol. The van der Waals surface area contributed by atoms with E-state index < -0.39 is 0 Å². The van der Waals surface area contributed by atoms with E-state index in [4.69, 9.17) is 4.74 Å². The molecule has 0 N–H and O–H groups in total. The highest BCUT2D eigenvalue weighted by molar-refractivity contribution is 5.74. The second-order valence-electron chi connectivity index (χ2n) is 8.12. The predicted octanol–water partition coefficient (Wildman–Crippen LogP) is 5.43. The molecule has 0 bridgehead atoms. The number of aldehydes is 1. The van der Waals surface area contributed by atoms with Crippen LogP contribution in [0.15, 0.2) is 42.5 Å². The van der Waals surface area contributed by atoms with Crippen molar-refractivity contribution in [2.75, 3.05) is 0 Å². The first-order valence-electron chi connectivity index (χ1n) is 8.64. The molecule has 2 aromatic rings. The van der Waals surface area contributed by atoms with Crippen molar-refractivity contribution in [1.82, 2.24) is 0 Å². The van der Waals surface area contributed by atoms with Crippen LogP contribution in [-0.4, -0.2) is 6.29 Å². The standard InChI is InChI=1S/C22H26O2/c1-21(2)11-12-22(3,4)20-13-18(9-10-19(20)21)24-15-17-7-5-16(14-23)6-8-17/h5-10,13-14H,11-12,15H2,1-4H3. The first-order valence-corrected chi connectivity index (χ1v) is 8.64. The minimum absolute atomic E-state index is 0.190. The van der Waals surface area contributed by atoms with Crippen LogP contribution >= 0.6 is 0 Å². The number of carbonyl (C=O) groups is 1. The lowest BCUT2D eigenvalue weighted by molar-refractivity contribution is 0.112. The summed E-state index contributed by atoms with van der Waals surface area (Å²) in [7, 11) is 0. The van der Waals surface area contributed by atoms with E-state index in [2.05, 4.69) is 45.9 Å². The highest BCUT2D eigenvalue weighted by Gasteiger charge is 2.37. The molecular formula is C22H26O2. The largest absolute Gasteiger partial charge is 0.489 e. The Bertz CT molecular complexity index is 739. The molecule has 2 aromatic carbocycles. The molecule has 126 valence electrons. The van der Waals surface area contributed by atoms with Gasteiger partial charge in [0.1, 0.15) is 18.6 Å². The van der Waals surface area contributed by atoms with Gasteiger partial charge in [0.05, 0.1) is 0 Å². The van der Waals surface area contributed by atoms with E-state index in [-0.39, 0.29) is 10.8 Å². The van der Waals surface area contributed by atoms with E-state index in [9.17, 15) is 4.79 Å². The second kappa shape index (κ2) is 6.08. The smallest absolute Gasteiger partial charge is 0.150 e. The summed E-state index contributed by atoms with van der Waals surface area (Å²) in [4.78, 5) is 10.7. The van der Waals surface area contributed by atoms with Gasteiger partial charge in [-0.25, -0.2) is 0 Å². The van der Waals surface area contributed by atoms with E-state index >= 15 is 0 Å². The Morgan fingerprint density at radius 2 is 1.54 bits per heavy atom. The topological polar surface area (TPSA) is 26.3 Å². The highest BCUT2D eigenvalue weighted by Crippen LogP contribution is 2.46. The third-order valence-electron chi connectivity index (χ3n) is 5.35. The molecule has 24 heavy (non-hydrogen) atoms. The van der Waals surface area contributed by atoms with Crippen LogP contribution in [0.4, 0.5) is 0 Å². The second-order valence-corrected chi connectivity index (χ2v) is 8.12. The van der Waals surface area contributed by atoms with Crippen molar-refractivity contribution in [3.05, 3.63) is 64.7 Å². The molecule has 0 aliphatic heterocycles. The van der Waals surface area contributed by atoms with Gasteiger partial charge in [0, 0.05) is 5.56 Å². The maximum atomic E-state index is 10.7. The molecule has 0 aromatic heterocycles. The molecule has 0 saturated carbocycles. The number of hydrogen-bond acceptors (Lipinski definition) is 2. The molecule has 1 aliphatic rings. The lowest BCUT2D eigenvalue weighted by atomic mass is 9.63. The third-order valence-corrected chi connectivity index (χ3v) is 5.35. The maximum Gasteiger partial charge on any atom is 0.150 e. The van der Waals surface area contributed by atoms with Crippen LogP contribution in [0, 0.1) is 0 Å². The molecule has 1 aliphatic carbocycles. The molecule has 0 radical (unpaired) electrons. The van der Waals surface area contributed by atoms with Crippen molar-refractivity contribution in [2.45, 2.75) is 58.0 Å². The lowest BCUT2D eigenvalue weighted by Crippen LogP contribution is -2.33. The minimum atomic E-state index is 0.190. The van der Waals surface area contributed by atoms with E-state index in [1.165, 1.54) is 24.0 Å². The van der Waals surface area contributed by atoms with Gasteiger partial charge in [0.2, 0.25) is 0 Å². The van der Waals surface area contributed by atoms with E-state index in [1.54, 1.807) is 0 Å². The molecule has 0 saturated heterocycles. The fraction of sp³-hybridized carbons (Fsp3) is 0.409. The van der Waals surface area contributed by atoms with Crippen LogP contribution < -0.4 is 4.74 Å². The van der Waals surface area contributed by atoms with Gasteiger partial charge < -0.3 is 4.74 Å². The Labute approximate surface area is 144 Å². The summed E-state index contributed by atoms with van der Waals surface area (Å²) >= 11 is 0. The van der Waals surface area contributed by atoms with Gasteiger partial charge in [-0.1, -0.05) is 58.0 Å². The Hall–Kier alpha value is -2.09. The number of ether oxygens (including phenoxy) is 1. The van der Waals surface area contributed by atoms with Crippen LogP contribution in [0.5, 0.6) is 5.75 Å². The summed E-state index contributed by atoms with van der Waals surface area (Å²) in [5.74, 6) is 0.916. The number of hydrogen-bond donors (Lipinski definition) is 0. The maximum absolute atomic E-state index is 10.7. The molecule has 0 fully saturated rings. The number of rotatable bonds is 4. The zero-order chi connectivity index (χ0) is 17.4. The third kappa shape index (κ3) is 3.24. The molecular weight excluding hydrogens is 296 g/mol. The van der Waals surface area contributed by atoms with Crippen LogP contribution in [0.1, 0.15) is 67.6 Å². The SMILES string of the molecule is CC1(C)CCC(C)(C)c2cc(OCc3ccc(C=O)cc3)ccc21. The lowest BCUT2D eigenvalue weighted by Gasteiger charge is -2.41. The van der Waals surface area contributed by atoms with Gasteiger partial charge in [-0.3, -0.25) is 4.79 Å². The van der Waals surface area contributed by atoms with Crippen LogP contribution in [0.3, 0.4) is 0 Å². The van der Waals surface area contributed by atoms with Crippen molar-refractivity contribution >= 4 is 6.29 Å². The monoisotopic (exact) mass is 322 g/mol. The summed E-state index contributed by atoms with van der Waals surface area (Å²) in [6.07, 6.45) is 3.28. The molecule has 2 heteroatoms. The Balaban J connectivity index is 1.81. The quantitative estimate of drug-likeness (QED) is 0.702. The molecule has 3 rings (SSSR count). The van der Waals surface area contributed by atoms with Crippen LogP contribution in [0.25, 0.3) is 0 Å². The van der Waals surface area contributed by atoms with Gasteiger partial charge in [0.25, 0.3) is 0 Å². The summed E-state index contributed by atoms with van der Waals surface area (Å²) in [6.45, 7) is 9.82. The average molecular weight is 322 g/mol. The zero-order valence-electron chi connectivity index (χ0n) is 15.1. The first kappa shape index (κ1) is 16.8. The summed E-state index contributed by atoms with van der Waals surface area (Å²) in [6, 6.07) is 14.1. The van der Waals surface area contributed by atoms with E-state index in [0.717, 1.165) is 17.6 Å². The summed E-state index contributed by atoms with van der Waals surface area (Å²) in [5.41, 5.74) is 5.03. The van der Waals surface area contributed by atoms with Crippen molar-refractivity contribution in [1.29, 1.82) is 0 Å². The molecule has 2 nitrogen and oxygen atoms in total. The van der Waals surface area contributed by atoms with Gasteiger partial charge in [0.15, 0.2) is 0 Å². The number of benzene rings is 2. The van der Waals surface area contributed by atoms with Crippen molar-refractivity contribution < 1.29 is 9.53 Å². The van der Waals surface area contributed by atoms with Gasteiger partial charge >= 0.3 is 0 Å². The number of fused-ring (bicyclic) bond motifs is 1. The molecule has 0 heterocycles. The van der Waals surface area contributed by atoms with Crippen molar-refractivity contribution in [2.24, 2.45) is 0 Å². The molecule has 0 spiro atoms. The van der Waals surface area contributed by atoms with Gasteiger partial charge in [-0.05, 0) is 52.5 Å². The normalized spacial score (nSPS) is 17.8.